The Morgan fingerprint density at radius 2 is 1.72 bits per heavy atom. The van der Waals surface area contributed by atoms with Gasteiger partial charge in [-0.25, -0.2) is 13.1 Å². The van der Waals surface area contributed by atoms with Crippen molar-refractivity contribution < 1.29 is 23.1 Å². The van der Waals surface area contributed by atoms with Crippen molar-refractivity contribution in [3.8, 4) is 5.75 Å². The molecule has 1 aliphatic rings. The fourth-order valence-corrected chi connectivity index (χ4v) is 5.94. The highest BCUT2D eigenvalue weighted by atomic mass is 32.2. The van der Waals surface area contributed by atoms with E-state index in [1.54, 1.807) is 56.3 Å². The first-order valence-corrected chi connectivity index (χ1v) is 14.7. The van der Waals surface area contributed by atoms with Crippen LogP contribution in [-0.4, -0.2) is 50.8 Å². The van der Waals surface area contributed by atoms with Gasteiger partial charge >= 0.3 is 0 Å². The molecule has 39 heavy (non-hydrogen) atoms. The number of hydrogen-bond donors (Lipinski definition) is 3. The zero-order chi connectivity index (χ0) is 28.2. The summed E-state index contributed by atoms with van der Waals surface area (Å²) in [5, 5.41) is 14.1. The van der Waals surface area contributed by atoms with Crippen molar-refractivity contribution in [3.63, 3.8) is 0 Å². The van der Waals surface area contributed by atoms with Gasteiger partial charge < -0.3 is 20.1 Å². The van der Waals surface area contributed by atoms with E-state index in [1.165, 1.54) is 0 Å². The first kappa shape index (κ1) is 28.6. The molecule has 3 aromatic carbocycles. The number of likely N-dealkylation sites (N-methyl/N-ethyl adjacent to an activating group) is 1. The van der Waals surface area contributed by atoms with Crippen LogP contribution < -0.4 is 19.7 Å². The molecule has 4 rings (SSSR count). The van der Waals surface area contributed by atoms with Gasteiger partial charge in [-0.2, -0.15) is 0 Å². The first-order chi connectivity index (χ1) is 18.6. The van der Waals surface area contributed by atoms with Gasteiger partial charge in [-0.3, -0.25) is 4.79 Å². The van der Waals surface area contributed by atoms with Gasteiger partial charge in [0.1, 0.15) is 17.5 Å². The highest BCUT2D eigenvalue weighted by Crippen LogP contribution is 2.41. The molecule has 0 spiro atoms. The lowest BCUT2D eigenvalue weighted by Gasteiger charge is -2.42. The molecule has 2 unspecified atom stereocenters. The number of carbonyl (C=O) groups excluding carboxylic acids is 1. The third-order valence-electron chi connectivity index (χ3n) is 7.10. The first-order valence-electron chi connectivity index (χ1n) is 13.3. The standard InChI is InChI=1S/C30H37N3O5S/c1-5-21-12-15-24(16-13-21)39(36,37)32-27-25-20-22(14-17-26(25)38-30(3,4)28(27)34)29(35)31-18-19-33(6-2)23-10-8-7-9-11-23/h7-17,20,27-28,32,34H,5-6,18-19H2,1-4H3,(H,31,35). The summed E-state index contributed by atoms with van der Waals surface area (Å²) in [5.41, 5.74) is 1.80. The third-order valence-corrected chi connectivity index (χ3v) is 8.56. The number of carbonyl (C=O) groups is 1. The number of rotatable bonds is 10. The Hall–Kier alpha value is -3.40. The van der Waals surface area contributed by atoms with Gasteiger partial charge in [-0.15, -0.1) is 0 Å². The van der Waals surface area contributed by atoms with Gasteiger partial charge in [0.2, 0.25) is 10.0 Å². The molecule has 3 N–H and O–H groups in total. The lowest BCUT2D eigenvalue weighted by atomic mass is 9.86. The summed E-state index contributed by atoms with van der Waals surface area (Å²) in [5.74, 6) is 0.120. The number of hydrogen-bond acceptors (Lipinski definition) is 6. The van der Waals surface area contributed by atoms with E-state index in [1.807, 2.05) is 37.3 Å². The molecule has 2 atom stereocenters. The van der Waals surface area contributed by atoms with Crippen LogP contribution in [0.5, 0.6) is 5.75 Å². The number of aryl methyl sites for hydroxylation is 1. The van der Waals surface area contributed by atoms with Crippen molar-refractivity contribution in [2.75, 3.05) is 24.5 Å². The highest BCUT2D eigenvalue weighted by molar-refractivity contribution is 7.89. The van der Waals surface area contributed by atoms with Crippen LogP contribution in [0.25, 0.3) is 0 Å². The number of benzene rings is 3. The molecule has 8 nitrogen and oxygen atoms in total. The quantitative estimate of drug-likeness (QED) is 0.351. The number of ether oxygens (including phenoxy) is 1. The molecule has 3 aromatic rings. The normalized spacial score (nSPS) is 18.1. The van der Waals surface area contributed by atoms with Crippen molar-refractivity contribution in [2.24, 2.45) is 0 Å². The number of sulfonamides is 1. The van der Waals surface area contributed by atoms with E-state index in [0.717, 1.165) is 24.2 Å². The Balaban J connectivity index is 1.54. The molecular weight excluding hydrogens is 514 g/mol. The molecule has 0 saturated carbocycles. The van der Waals surface area contributed by atoms with E-state index in [-0.39, 0.29) is 10.8 Å². The van der Waals surface area contributed by atoms with E-state index in [0.29, 0.717) is 30.0 Å². The van der Waals surface area contributed by atoms with Crippen molar-refractivity contribution in [2.45, 2.75) is 56.8 Å². The Bertz CT molecular complexity index is 1390. The van der Waals surface area contributed by atoms with Gasteiger partial charge in [0, 0.05) is 36.4 Å². The summed E-state index contributed by atoms with van der Waals surface area (Å²) in [4.78, 5) is 15.3. The summed E-state index contributed by atoms with van der Waals surface area (Å²) in [6.45, 7) is 9.31. The molecule has 1 heterocycles. The number of amides is 1. The molecule has 1 aliphatic heterocycles. The summed E-state index contributed by atoms with van der Waals surface area (Å²) in [6, 6.07) is 20.5. The molecule has 0 saturated heterocycles. The van der Waals surface area contributed by atoms with Gasteiger partial charge in [0.05, 0.1) is 10.9 Å². The number of nitrogens with one attached hydrogen (secondary N) is 2. The third kappa shape index (κ3) is 6.43. The Labute approximate surface area is 231 Å². The lowest BCUT2D eigenvalue weighted by Crippen LogP contribution is -2.53. The fraction of sp³-hybridized carbons (Fsp3) is 0.367. The zero-order valence-electron chi connectivity index (χ0n) is 22.8. The number of aliphatic hydroxyl groups excluding tert-OH is 1. The van der Waals surface area contributed by atoms with Crippen LogP contribution >= 0.6 is 0 Å². The molecular formula is C30H37N3O5S. The minimum absolute atomic E-state index is 0.102. The minimum Gasteiger partial charge on any atom is -0.485 e. The van der Waals surface area contributed by atoms with Gasteiger partial charge in [0.25, 0.3) is 5.91 Å². The molecule has 0 fully saturated rings. The summed E-state index contributed by atoms with van der Waals surface area (Å²) >= 11 is 0. The van der Waals surface area contributed by atoms with E-state index < -0.39 is 27.8 Å². The van der Waals surface area contributed by atoms with Crippen molar-refractivity contribution >= 4 is 21.6 Å². The average molecular weight is 552 g/mol. The van der Waals surface area contributed by atoms with Crippen molar-refractivity contribution in [3.05, 3.63) is 89.5 Å². The number of nitrogens with zero attached hydrogens (tertiary/aromatic N) is 1. The van der Waals surface area contributed by atoms with E-state index in [2.05, 4.69) is 21.9 Å². The zero-order valence-corrected chi connectivity index (χ0v) is 23.7. The van der Waals surface area contributed by atoms with Crippen molar-refractivity contribution in [1.29, 1.82) is 0 Å². The molecule has 0 radical (unpaired) electrons. The second-order valence-electron chi connectivity index (χ2n) is 10.2. The fourth-order valence-electron chi connectivity index (χ4n) is 4.72. The predicted octanol–water partition coefficient (Wildman–Crippen LogP) is 4.06. The van der Waals surface area contributed by atoms with Gasteiger partial charge in [0.15, 0.2) is 0 Å². The maximum atomic E-state index is 13.3. The Kier molecular flexibility index (Phi) is 8.64. The van der Waals surface area contributed by atoms with Crippen LogP contribution in [0, 0.1) is 0 Å². The highest BCUT2D eigenvalue weighted by Gasteiger charge is 2.44. The summed E-state index contributed by atoms with van der Waals surface area (Å²) < 4.78 is 35.2. The SMILES string of the molecule is CCc1ccc(S(=O)(=O)NC2c3cc(C(=O)NCCN(CC)c4ccccc4)ccc3OC(C)(C)C2O)cc1. The van der Waals surface area contributed by atoms with E-state index in [9.17, 15) is 18.3 Å². The maximum absolute atomic E-state index is 13.3. The second-order valence-corrected chi connectivity index (χ2v) is 11.9. The average Bonchev–Trinajstić information content (AvgIpc) is 2.93. The summed E-state index contributed by atoms with van der Waals surface area (Å²) in [7, 11) is -3.97. The number of fused-ring (bicyclic) bond motifs is 1. The van der Waals surface area contributed by atoms with E-state index in [4.69, 9.17) is 4.74 Å². The van der Waals surface area contributed by atoms with Crippen LogP contribution in [0.2, 0.25) is 0 Å². The van der Waals surface area contributed by atoms with E-state index >= 15 is 0 Å². The Morgan fingerprint density at radius 3 is 2.36 bits per heavy atom. The van der Waals surface area contributed by atoms with Crippen LogP contribution in [0.15, 0.2) is 77.7 Å². The topological polar surface area (TPSA) is 108 Å². The largest absolute Gasteiger partial charge is 0.485 e. The summed E-state index contributed by atoms with van der Waals surface area (Å²) in [6.07, 6.45) is -0.404. The number of anilines is 1. The lowest BCUT2D eigenvalue weighted by molar-refractivity contribution is -0.0603. The minimum atomic E-state index is -3.97. The van der Waals surface area contributed by atoms with Crippen LogP contribution in [0.3, 0.4) is 0 Å². The molecule has 0 aromatic heterocycles. The molecule has 9 heteroatoms. The van der Waals surface area contributed by atoms with Gasteiger partial charge in [-0.1, -0.05) is 37.3 Å². The number of aliphatic hydroxyl groups is 1. The predicted molar refractivity (Wildman–Crippen MR) is 153 cm³/mol. The monoisotopic (exact) mass is 551 g/mol. The smallest absolute Gasteiger partial charge is 0.251 e. The van der Waals surface area contributed by atoms with Crippen LogP contribution in [0.1, 0.15) is 55.2 Å². The van der Waals surface area contributed by atoms with Crippen molar-refractivity contribution in [1.82, 2.24) is 10.0 Å². The van der Waals surface area contributed by atoms with Gasteiger partial charge in [-0.05, 0) is 75.2 Å². The Morgan fingerprint density at radius 1 is 1.03 bits per heavy atom. The molecule has 0 bridgehead atoms. The van der Waals surface area contributed by atoms with Crippen LogP contribution in [-0.2, 0) is 16.4 Å². The number of para-hydroxylation sites is 1. The second kappa shape index (κ2) is 11.8. The molecule has 208 valence electrons. The van der Waals surface area contributed by atoms with Crippen LogP contribution in [0.4, 0.5) is 5.69 Å². The maximum Gasteiger partial charge on any atom is 0.251 e. The molecule has 0 aliphatic carbocycles. The molecule has 1 amide bonds.